The van der Waals surface area contributed by atoms with Crippen molar-refractivity contribution in [2.24, 2.45) is 5.92 Å². The number of nitrogens with one attached hydrogen (secondary N) is 1. The summed E-state index contributed by atoms with van der Waals surface area (Å²) in [5, 5.41) is 2.62. The Labute approximate surface area is 143 Å². The number of hydrogen-bond acceptors (Lipinski definition) is 4. The molecule has 0 saturated carbocycles. The SMILES string of the molecule is COC(=O)[C@@H](C)CN(C)C(=O)CNC(=O)CCc1ccc(C)cc1. The molecule has 0 spiro atoms. The van der Waals surface area contributed by atoms with Crippen LogP contribution >= 0.6 is 0 Å². The molecule has 1 N–H and O–H groups in total. The summed E-state index contributed by atoms with van der Waals surface area (Å²) in [7, 11) is 2.91. The largest absolute Gasteiger partial charge is 0.469 e. The number of esters is 1. The highest BCUT2D eigenvalue weighted by Crippen LogP contribution is 2.05. The molecule has 24 heavy (non-hydrogen) atoms. The number of nitrogens with zero attached hydrogens (tertiary/aromatic N) is 1. The number of aryl methyl sites for hydroxylation is 2. The Morgan fingerprint density at radius 1 is 1.21 bits per heavy atom. The van der Waals surface area contributed by atoms with E-state index in [0.29, 0.717) is 12.8 Å². The van der Waals surface area contributed by atoms with E-state index in [1.807, 2.05) is 31.2 Å². The van der Waals surface area contributed by atoms with Crippen molar-refractivity contribution in [3.8, 4) is 0 Å². The molecule has 1 atom stereocenters. The lowest BCUT2D eigenvalue weighted by Crippen LogP contribution is -2.41. The molecule has 0 aliphatic carbocycles. The van der Waals surface area contributed by atoms with Gasteiger partial charge in [-0.1, -0.05) is 36.8 Å². The van der Waals surface area contributed by atoms with Gasteiger partial charge in [-0.2, -0.15) is 0 Å². The number of carbonyl (C=O) groups excluding carboxylic acids is 3. The van der Waals surface area contributed by atoms with Crippen molar-refractivity contribution in [2.75, 3.05) is 27.2 Å². The van der Waals surface area contributed by atoms with E-state index in [1.165, 1.54) is 17.6 Å². The third-order valence-corrected chi connectivity index (χ3v) is 3.78. The lowest BCUT2D eigenvalue weighted by Gasteiger charge is -2.20. The summed E-state index contributed by atoms with van der Waals surface area (Å²) >= 11 is 0. The van der Waals surface area contributed by atoms with Crippen LogP contribution in [0.15, 0.2) is 24.3 Å². The minimum Gasteiger partial charge on any atom is -0.469 e. The first kappa shape index (κ1) is 19.7. The number of amides is 2. The van der Waals surface area contributed by atoms with Gasteiger partial charge in [0.2, 0.25) is 11.8 Å². The summed E-state index contributed by atoms with van der Waals surface area (Å²) in [6.07, 6.45) is 0.966. The molecule has 2 amide bonds. The van der Waals surface area contributed by atoms with Crippen LogP contribution < -0.4 is 5.32 Å². The maximum Gasteiger partial charge on any atom is 0.310 e. The third-order valence-electron chi connectivity index (χ3n) is 3.78. The molecular weight excluding hydrogens is 308 g/mol. The molecule has 6 nitrogen and oxygen atoms in total. The van der Waals surface area contributed by atoms with E-state index in [4.69, 9.17) is 0 Å². The smallest absolute Gasteiger partial charge is 0.310 e. The average Bonchev–Trinajstić information content (AvgIpc) is 2.58. The van der Waals surface area contributed by atoms with Gasteiger partial charge < -0.3 is 15.0 Å². The summed E-state index contributed by atoms with van der Waals surface area (Å²) in [5.41, 5.74) is 2.27. The predicted octanol–water partition coefficient (Wildman–Crippen LogP) is 1.31. The Morgan fingerprint density at radius 2 is 1.83 bits per heavy atom. The topological polar surface area (TPSA) is 75.7 Å². The second-order valence-corrected chi connectivity index (χ2v) is 5.96. The van der Waals surface area contributed by atoms with Crippen LogP contribution in [0.3, 0.4) is 0 Å². The fourth-order valence-corrected chi connectivity index (χ4v) is 2.20. The molecule has 1 rings (SSSR count). The van der Waals surface area contributed by atoms with Crippen LogP contribution in [-0.2, 0) is 25.5 Å². The second kappa shape index (κ2) is 9.70. The maximum absolute atomic E-state index is 12.0. The Bertz CT molecular complexity index is 569. The van der Waals surface area contributed by atoms with Crippen LogP contribution in [0.1, 0.15) is 24.5 Å². The van der Waals surface area contributed by atoms with Gasteiger partial charge in [-0.3, -0.25) is 14.4 Å². The van der Waals surface area contributed by atoms with Crippen LogP contribution in [0.2, 0.25) is 0 Å². The van der Waals surface area contributed by atoms with Crippen molar-refractivity contribution >= 4 is 17.8 Å². The fourth-order valence-electron chi connectivity index (χ4n) is 2.20. The van der Waals surface area contributed by atoms with Crippen molar-refractivity contribution in [2.45, 2.75) is 26.7 Å². The van der Waals surface area contributed by atoms with E-state index in [9.17, 15) is 14.4 Å². The summed E-state index contributed by atoms with van der Waals surface area (Å²) < 4.78 is 4.63. The van der Waals surface area contributed by atoms with Crippen molar-refractivity contribution in [1.29, 1.82) is 0 Å². The molecule has 1 aromatic carbocycles. The summed E-state index contributed by atoms with van der Waals surface area (Å²) in [6, 6.07) is 8.01. The molecule has 0 aliphatic rings. The van der Waals surface area contributed by atoms with Gasteiger partial charge in [0, 0.05) is 20.0 Å². The number of hydrogen-bond donors (Lipinski definition) is 1. The number of likely N-dealkylation sites (N-methyl/N-ethyl adjacent to an activating group) is 1. The van der Waals surface area contributed by atoms with E-state index in [2.05, 4.69) is 10.1 Å². The second-order valence-electron chi connectivity index (χ2n) is 5.96. The zero-order valence-electron chi connectivity index (χ0n) is 14.8. The van der Waals surface area contributed by atoms with E-state index in [1.54, 1.807) is 14.0 Å². The first-order valence-corrected chi connectivity index (χ1v) is 7.97. The zero-order chi connectivity index (χ0) is 18.1. The molecule has 6 heteroatoms. The first-order chi connectivity index (χ1) is 11.3. The van der Waals surface area contributed by atoms with Crippen LogP contribution in [-0.4, -0.2) is 49.9 Å². The number of methoxy groups -OCH3 is 1. The minimum atomic E-state index is -0.402. The van der Waals surface area contributed by atoms with Crippen molar-refractivity contribution in [3.05, 3.63) is 35.4 Å². The van der Waals surface area contributed by atoms with Gasteiger partial charge in [0.05, 0.1) is 19.6 Å². The third kappa shape index (κ3) is 6.81. The Balaban J connectivity index is 2.31. The monoisotopic (exact) mass is 334 g/mol. The molecule has 0 bridgehead atoms. The predicted molar refractivity (Wildman–Crippen MR) is 91.3 cm³/mol. The normalized spacial score (nSPS) is 11.5. The molecule has 132 valence electrons. The zero-order valence-corrected chi connectivity index (χ0v) is 14.8. The van der Waals surface area contributed by atoms with Crippen LogP contribution in [0.4, 0.5) is 0 Å². The van der Waals surface area contributed by atoms with Gasteiger partial charge in [0.1, 0.15) is 0 Å². The highest BCUT2D eigenvalue weighted by atomic mass is 16.5. The Hall–Kier alpha value is -2.37. The molecule has 1 aromatic rings. The molecule has 0 saturated heterocycles. The standard InChI is InChI=1S/C18H26N2O4/c1-13-5-7-15(8-6-13)9-10-16(21)19-11-17(22)20(3)12-14(2)18(23)24-4/h5-8,14H,9-12H2,1-4H3,(H,19,21)/t14-/m0/s1. The minimum absolute atomic E-state index is 0.0723. The number of benzene rings is 1. The number of ether oxygens (including phenoxy) is 1. The van der Waals surface area contributed by atoms with E-state index < -0.39 is 5.92 Å². The molecule has 0 aliphatic heterocycles. The van der Waals surface area contributed by atoms with E-state index >= 15 is 0 Å². The van der Waals surface area contributed by atoms with E-state index in [0.717, 1.165) is 5.56 Å². The summed E-state index contributed by atoms with van der Waals surface area (Å²) in [4.78, 5) is 36.6. The number of rotatable bonds is 8. The average molecular weight is 334 g/mol. The van der Waals surface area contributed by atoms with Crippen LogP contribution in [0.25, 0.3) is 0 Å². The molecular formula is C18H26N2O4. The molecule has 0 aromatic heterocycles. The first-order valence-electron chi connectivity index (χ1n) is 7.97. The van der Waals surface area contributed by atoms with E-state index in [-0.39, 0.29) is 30.9 Å². The molecule has 0 radical (unpaired) electrons. The molecule has 0 fully saturated rings. The van der Waals surface area contributed by atoms with Gasteiger partial charge in [0.15, 0.2) is 0 Å². The number of carbonyl (C=O) groups is 3. The van der Waals surface area contributed by atoms with Gasteiger partial charge in [0.25, 0.3) is 0 Å². The molecule has 0 heterocycles. The van der Waals surface area contributed by atoms with Crippen LogP contribution in [0.5, 0.6) is 0 Å². The quantitative estimate of drug-likeness (QED) is 0.727. The van der Waals surface area contributed by atoms with Gasteiger partial charge in [-0.25, -0.2) is 0 Å². The van der Waals surface area contributed by atoms with Gasteiger partial charge in [-0.15, -0.1) is 0 Å². The Morgan fingerprint density at radius 3 is 2.42 bits per heavy atom. The van der Waals surface area contributed by atoms with Crippen molar-refractivity contribution < 1.29 is 19.1 Å². The van der Waals surface area contributed by atoms with Crippen LogP contribution in [0, 0.1) is 12.8 Å². The maximum atomic E-state index is 12.0. The van der Waals surface area contributed by atoms with Crippen molar-refractivity contribution in [3.63, 3.8) is 0 Å². The summed E-state index contributed by atoms with van der Waals surface area (Å²) in [6.45, 7) is 3.89. The fraction of sp³-hybridized carbons (Fsp3) is 0.500. The Kier molecular flexibility index (Phi) is 7.95. The molecule has 0 unspecified atom stereocenters. The lowest BCUT2D eigenvalue weighted by molar-refractivity contribution is -0.146. The van der Waals surface area contributed by atoms with Gasteiger partial charge in [-0.05, 0) is 18.9 Å². The van der Waals surface area contributed by atoms with Crippen molar-refractivity contribution in [1.82, 2.24) is 10.2 Å². The lowest BCUT2D eigenvalue weighted by atomic mass is 10.1. The summed E-state index contributed by atoms with van der Waals surface area (Å²) in [5.74, 6) is -1.18. The highest BCUT2D eigenvalue weighted by molar-refractivity contribution is 5.85. The highest BCUT2D eigenvalue weighted by Gasteiger charge is 2.18. The van der Waals surface area contributed by atoms with Gasteiger partial charge >= 0.3 is 5.97 Å².